The standard InChI is InChI=1S/C4H2F8.2K.2H/c5-1(2(6)7)3(8,9)4(10,11)12;;;;/h1-2H;;;;. The summed E-state index contributed by atoms with van der Waals surface area (Å²) in [6.07, 6.45) is -15.2. The first-order valence-electron chi connectivity index (χ1n) is 2.47. The molecule has 0 bridgehead atoms. The van der Waals surface area contributed by atoms with E-state index in [2.05, 4.69) is 0 Å². The Labute approximate surface area is 159 Å². The maximum atomic E-state index is 11.6. The molecule has 0 N–H and O–H groups in total. The first-order valence-corrected chi connectivity index (χ1v) is 2.47. The van der Waals surface area contributed by atoms with E-state index in [1.165, 1.54) is 0 Å². The van der Waals surface area contributed by atoms with E-state index in [9.17, 15) is 35.1 Å². The van der Waals surface area contributed by atoms with Crippen LogP contribution in [0.25, 0.3) is 0 Å². The van der Waals surface area contributed by atoms with Gasteiger partial charge in [0.15, 0.2) is 0 Å². The van der Waals surface area contributed by atoms with E-state index < -0.39 is 24.7 Å². The Balaban J connectivity index is -0.000000605. The SMILES string of the molecule is FC(F)C(F)C(F)(F)C(F)(F)F.[KH].[KH]. The van der Waals surface area contributed by atoms with Gasteiger partial charge >= 0.3 is 115 Å². The van der Waals surface area contributed by atoms with Crippen molar-refractivity contribution in [1.82, 2.24) is 0 Å². The summed E-state index contributed by atoms with van der Waals surface area (Å²) in [5.74, 6) is -6.00. The molecule has 0 aromatic rings. The van der Waals surface area contributed by atoms with Gasteiger partial charge in [0.1, 0.15) is 0 Å². The van der Waals surface area contributed by atoms with Crippen LogP contribution < -0.4 is 0 Å². The number of hydrogen-bond donors (Lipinski definition) is 0. The number of halogens is 8. The Morgan fingerprint density at radius 1 is 0.714 bits per heavy atom. The van der Waals surface area contributed by atoms with E-state index in [4.69, 9.17) is 0 Å². The van der Waals surface area contributed by atoms with Crippen molar-refractivity contribution in [2.24, 2.45) is 0 Å². The molecule has 1 atom stereocenters. The molecule has 0 aliphatic heterocycles. The minimum atomic E-state index is -6.29. The van der Waals surface area contributed by atoms with Crippen LogP contribution in [0.4, 0.5) is 35.1 Å². The Hall–Kier alpha value is 2.71. The zero-order valence-electron chi connectivity index (χ0n) is 5.18. The molecular weight excluding hydrogens is 278 g/mol. The minimum absolute atomic E-state index is 0. The molecule has 0 aromatic carbocycles. The molecule has 0 amide bonds. The molecule has 78 valence electrons. The predicted octanol–water partition coefficient (Wildman–Crippen LogP) is 1.49. The fraction of sp³-hybridized carbons (Fsp3) is 1.00. The average molecular weight is 282 g/mol. The second-order valence-electron chi connectivity index (χ2n) is 1.86. The summed E-state index contributed by atoms with van der Waals surface area (Å²) >= 11 is 0. The first kappa shape index (κ1) is 21.9. The van der Waals surface area contributed by atoms with E-state index in [0.29, 0.717) is 0 Å². The van der Waals surface area contributed by atoms with Crippen LogP contribution in [0.5, 0.6) is 0 Å². The number of hydrogen-bond acceptors (Lipinski definition) is 0. The van der Waals surface area contributed by atoms with Crippen molar-refractivity contribution in [1.29, 1.82) is 0 Å². The second-order valence-corrected chi connectivity index (χ2v) is 1.86. The molecule has 0 nitrogen and oxygen atoms in total. The summed E-state index contributed by atoms with van der Waals surface area (Å²) in [5.41, 5.74) is 0. The molecule has 0 aliphatic rings. The fourth-order valence-corrected chi connectivity index (χ4v) is 0.315. The molecule has 0 radical (unpaired) electrons. The molecule has 14 heavy (non-hydrogen) atoms. The summed E-state index contributed by atoms with van der Waals surface area (Å²) in [5, 5.41) is 0. The third-order valence-corrected chi connectivity index (χ3v) is 0.946. The molecule has 0 spiro atoms. The molecule has 0 aliphatic carbocycles. The Bertz CT molecular complexity index is 154. The van der Waals surface area contributed by atoms with Crippen molar-refractivity contribution in [3.8, 4) is 0 Å². The summed E-state index contributed by atoms with van der Waals surface area (Å²) in [6, 6.07) is 0. The van der Waals surface area contributed by atoms with E-state index in [1.807, 2.05) is 0 Å². The van der Waals surface area contributed by atoms with Crippen LogP contribution in [0, 0.1) is 0 Å². The van der Waals surface area contributed by atoms with E-state index in [-0.39, 0.29) is 103 Å². The third-order valence-electron chi connectivity index (χ3n) is 0.946. The first-order chi connectivity index (χ1) is 5.10. The average Bonchev–Trinajstić information content (AvgIpc) is 1.83. The van der Waals surface area contributed by atoms with Gasteiger partial charge in [0.25, 0.3) is 6.43 Å². The van der Waals surface area contributed by atoms with Gasteiger partial charge in [-0.25, -0.2) is 13.2 Å². The summed E-state index contributed by atoms with van der Waals surface area (Å²) in [6.45, 7) is 0. The van der Waals surface area contributed by atoms with Crippen molar-refractivity contribution in [2.45, 2.75) is 24.7 Å². The summed E-state index contributed by atoms with van der Waals surface area (Å²) < 4.78 is 90.3. The number of rotatable bonds is 2. The third kappa shape index (κ3) is 5.87. The van der Waals surface area contributed by atoms with Gasteiger partial charge in [-0.15, -0.1) is 0 Å². The molecule has 0 heterocycles. The maximum absolute atomic E-state index is 11.6. The molecule has 1 unspecified atom stereocenters. The molecule has 0 rings (SSSR count). The van der Waals surface area contributed by atoms with Crippen molar-refractivity contribution in [3.05, 3.63) is 0 Å². The molecular formula is C4H4F8K2. The Kier molecular flexibility index (Phi) is 12.4. The topological polar surface area (TPSA) is 0 Å². The van der Waals surface area contributed by atoms with Crippen LogP contribution >= 0.6 is 0 Å². The summed E-state index contributed by atoms with van der Waals surface area (Å²) in [7, 11) is 0. The van der Waals surface area contributed by atoms with Crippen LogP contribution in [-0.4, -0.2) is 127 Å². The van der Waals surface area contributed by atoms with Gasteiger partial charge < -0.3 is 0 Å². The van der Waals surface area contributed by atoms with Gasteiger partial charge in [-0.05, 0) is 0 Å². The van der Waals surface area contributed by atoms with Crippen LogP contribution in [0.1, 0.15) is 0 Å². The summed E-state index contributed by atoms with van der Waals surface area (Å²) in [4.78, 5) is 0. The molecule has 10 heteroatoms. The normalized spacial score (nSPS) is 14.4. The second kappa shape index (κ2) is 7.93. The van der Waals surface area contributed by atoms with Crippen LogP contribution in [0.15, 0.2) is 0 Å². The van der Waals surface area contributed by atoms with Crippen LogP contribution in [0.2, 0.25) is 0 Å². The molecule has 0 saturated heterocycles. The molecule has 0 aromatic heterocycles. The Morgan fingerprint density at radius 3 is 1.07 bits per heavy atom. The predicted molar refractivity (Wildman–Crippen MR) is 36.2 cm³/mol. The van der Waals surface area contributed by atoms with Crippen molar-refractivity contribution in [2.75, 3.05) is 0 Å². The van der Waals surface area contributed by atoms with Crippen LogP contribution in [-0.2, 0) is 0 Å². The van der Waals surface area contributed by atoms with Crippen molar-refractivity contribution in [3.63, 3.8) is 0 Å². The van der Waals surface area contributed by atoms with Crippen molar-refractivity contribution >= 4 is 103 Å². The van der Waals surface area contributed by atoms with Gasteiger partial charge in [0.2, 0.25) is 6.17 Å². The van der Waals surface area contributed by atoms with Gasteiger partial charge in [0.05, 0.1) is 0 Å². The zero-order chi connectivity index (χ0) is 10.2. The van der Waals surface area contributed by atoms with E-state index >= 15 is 0 Å². The fourth-order valence-electron chi connectivity index (χ4n) is 0.315. The van der Waals surface area contributed by atoms with E-state index in [1.54, 1.807) is 0 Å². The molecule has 0 saturated carbocycles. The molecule has 0 fully saturated rings. The number of alkyl halides is 8. The van der Waals surface area contributed by atoms with Gasteiger partial charge in [-0.1, -0.05) is 0 Å². The van der Waals surface area contributed by atoms with Gasteiger partial charge in [-0.2, -0.15) is 22.0 Å². The van der Waals surface area contributed by atoms with Crippen molar-refractivity contribution < 1.29 is 35.1 Å². The quantitative estimate of drug-likeness (QED) is 0.532. The van der Waals surface area contributed by atoms with E-state index in [0.717, 1.165) is 0 Å². The van der Waals surface area contributed by atoms with Gasteiger partial charge in [0, 0.05) is 0 Å². The monoisotopic (exact) mass is 282 g/mol. The van der Waals surface area contributed by atoms with Gasteiger partial charge in [-0.3, -0.25) is 0 Å². The zero-order valence-corrected chi connectivity index (χ0v) is 5.18. The van der Waals surface area contributed by atoms with Crippen LogP contribution in [0.3, 0.4) is 0 Å². The Morgan fingerprint density at radius 2 is 1.00 bits per heavy atom.